The summed E-state index contributed by atoms with van der Waals surface area (Å²) in [6, 6.07) is 9.96. The fraction of sp³-hybridized carbons (Fsp3) is 0.125. The van der Waals surface area contributed by atoms with Gasteiger partial charge in [0.15, 0.2) is 11.5 Å². The fourth-order valence-corrected chi connectivity index (χ4v) is 1.87. The monoisotopic (exact) mass is 329 g/mol. The summed E-state index contributed by atoms with van der Waals surface area (Å²) >= 11 is 0. The van der Waals surface area contributed by atoms with E-state index in [1.807, 2.05) is 0 Å². The Hall–Kier alpha value is -3.42. The molecule has 0 radical (unpaired) electrons. The molecule has 0 saturated heterocycles. The molecular weight excluding hydrogens is 314 g/mol. The first-order valence-corrected chi connectivity index (χ1v) is 7.05. The first kappa shape index (κ1) is 16.9. The molecule has 0 bridgehead atoms. The predicted octanol–water partition coefficient (Wildman–Crippen LogP) is 2.46. The average Bonchev–Trinajstić information content (AvgIpc) is 2.58. The highest BCUT2D eigenvalue weighted by molar-refractivity contribution is 5.95. The molecule has 0 unspecified atom stereocenters. The van der Waals surface area contributed by atoms with Gasteiger partial charge in [-0.05, 0) is 36.8 Å². The zero-order valence-electron chi connectivity index (χ0n) is 12.8. The Labute approximate surface area is 137 Å². The average molecular weight is 329 g/mol. The topological polar surface area (TPSA) is 114 Å². The van der Waals surface area contributed by atoms with E-state index in [1.165, 1.54) is 36.5 Å². The molecule has 24 heavy (non-hydrogen) atoms. The first-order chi connectivity index (χ1) is 11.5. The summed E-state index contributed by atoms with van der Waals surface area (Å²) in [6.45, 7) is 2.19. The maximum Gasteiger partial charge on any atom is 0.271 e. The van der Waals surface area contributed by atoms with Gasteiger partial charge >= 0.3 is 0 Å². The normalized spacial score (nSPS) is 10.5. The number of amides is 1. The molecule has 8 nitrogen and oxygen atoms in total. The molecule has 8 heteroatoms. The van der Waals surface area contributed by atoms with Crippen molar-refractivity contribution in [3.05, 3.63) is 63.7 Å². The SMILES string of the molecule is CCOc1cc(C=NNC(=O)c2cccc([N+](=O)[O-])c2)ccc1O. The van der Waals surface area contributed by atoms with Crippen LogP contribution in [0.2, 0.25) is 0 Å². The maximum absolute atomic E-state index is 11.9. The highest BCUT2D eigenvalue weighted by Crippen LogP contribution is 2.26. The van der Waals surface area contributed by atoms with E-state index in [0.29, 0.717) is 17.9 Å². The number of carbonyl (C=O) groups excluding carboxylic acids is 1. The Bertz CT molecular complexity index is 789. The number of phenolic OH excluding ortho intramolecular Hbond substituents is 1. The van der Waals surface area contributed by atoms with Crippen LogP contribution in [0.4, 0.5) is 5.69 Å². The zero-order chi connectivity index (χ0) is 17.5. The van der Waals surface area contributed by atoms with Crippen LogP contribution in [0, 0.1) is 10.1 Å². The summed E-state index contributed by atoms with van der Waals surface area (Å²) < 4.78 is 5.25. The van der Waals surface area contributed by atoms with Gasteiger partial charge < -0.3 is 9.84 Å². The van der Waals surface area contributed by atoms with Gasteiger partial charge in [-0.2, -0.15) is 5.10 Å². The van der Waals surface area contributed by atoms with Gasteiger partial charge in [-0.15, -0.1) is 0 Å². The molecule has 124 valence electrons. The zero-order valence-corrected chi connectivity index (χ0v) is 12.8. The molecule has 0 aliphatic heterocycles. The predicted molar refractivity (Wildman–Crippen MR) is 87.4 cm³/mol. The van der Waals surface area contributed by atoms with E-state index in [9.17, 15) is 20.0 Å². The fourth-order valence-electron chi connectivity index (χ4n) is 1.87. The molecule has 0 saturated carbocycles. The van der Waals surface area contributed by atoms with Gasteiger partial charge in [-0.3, -0.25) is 14.9 Å². The molecule has 0 fully saturated rings. The second-order valence-electron chi connectivity index (χ2n) is 4.67. The van der Waals surface area contributed by atoms with Gasteiger partial charge in [0.25, 0.3) is 11.6 Å². The number of nitrogens with one attached hydrogen (secondary N) is 1. The quantitative estimate of drug-likeness (QED) is 0.480. The second-order valence-corrected chi connectivity index (χ2v) is 4.67. The lowest BCUT2D eigenvalue weighted by molar-refractivity contribution is -0.384. The summed E-state index contributed by atoms with van der Waals surface area (Å²) in [6.07, 6.45) is 1.37. The molecule has 2 aromatic carbocycles. The molecule has 2 rings (SSSR count). The van der Waals surface area contributed by atoms with E-state index in [-0.39, 0.29) is 17.0 Å². The number of carbonyl (C=O) groups is 1. The summed E-state index contributed by atoms with van der Waals surface area (Å²) in [4.78, 5) is 22.0. The number of nitro groups is 1. The Morgan fingerprint density at radius 2 is 2.17 bits per heavy atom. The number of rotatable bonds is 6. The minimum Gasteiger partial charge on any atom is -0.504 e. The molecule has 1 amide bonds. The van der Waals surface area contributed by atoms with Crippen molar-refractivity contribution in [3.8, 4) is 11.5 Å². The lowest BCUT2D eigenvalue weighted by atomic mass is 10.2. The van der Waals surface area contributed by atoms with Crippen LogP contribution < -0.4 is 10.2 Å². The number of hydrogen-bond acceptors (Lipinski definition) is 6. The molecule has 0 spiro atoms. The van der Waals surface area contributed by atoms with Gasteiger partial charge in [-0.1, -0.05) is 6.07 Å². The van der Waals surface area contributed by atoms with Crippen molar-refractivity contribution in [1.29, 1.82) is 0 Å². The van der Waals surface area contributed by atoms with Crippen molar-refractivity contribution in [1.82, 2.24) is 5.43 Å². The number of hydrogen-bond donors (Lipinski definition) is 2. The maximum atomic E-state index is 11.9. The number of aromatic hydroxyl groups is 1. The Kier molecular flexibility index (Phi) is 5.45. The van der Waals surface area contributed by atoms with Crippen LogP contribution in [-0.2, 0) is 0 Å². The number of benzene rings is 2. The second kappa shape index (κ2) is 7.73. The molecule has 2 aromatic rings. The summed E-state index contributed by atoms with van der Waals surface area (Å²) in [5.41, 5.74) is 2.84. The van der Waals surface area contributed by atoms with Crippen molar-refractivity contribution < 1.29 is 19.6 Å². The molecule has 0 atom stereocenters. The van der Waals surface area contributed by atoms with Crippen LogP contribution in [0.15, 0.2) is 47.6 Å². The van der Waals surface area contributed by atoms with E-state index in [4.69, 9.17) is 4.74 Å². The molecule has 0 aliphatic rings. The van der Waals surface area contributed by atoms with Crippen LogP contribution in [-0.4, -0.2) is 28.8 Å². The van der Waals surface area contributed by atoms with E-state index in [1.54, 1.807) is 19.1 Å². The standard InChI is InChI=1S/C16H15N3O5/c1-2-24-15-8-11(6-7-14(15)20)10-17-18-16(21)12-4-3-5-13(9-12)19(22)23/h3-10,20H,2H2,1H3,(H,18,21). The van der Waals surface area contributed by atoms with Crippen LogP contribution in [0.1, 0.15) is 22.8 Å². The highest BCUT2D eigenvalue weighted by atomic mass is 16.6. The number of non-ortho nitro benzene ring substituents is 1. The molecule has 0 heterocycles. The first-order valence-electron chi connectivity index (χ1n) is 7.05. The van der Waals surface area contributed by atoms with Crippen molar-refractivity contribution >= 4 is 17.8 Å². The molecule has 2 N–H and O–H groups in total. The highest BCUT2D eigenvalue weighted by Gasteiger charge is 2.10. The Balaban J connectivity index is 2.06. The number of phenols is 1. The molecule has 0 aliphatic carbocycles. The van der Waals surface area contributed by atoms with Crippen LogP contribution in [0.3, 0.4) is 0 Å². The molecular formula is C16H15N3O5. The number of ether oxygens (including phenoxy) is 1. The lowest BCUT2D eigenvalue weighted by Gasteiger charge is -2.06. The van der Waals surface area contributed by atoms with Gasteiger partial charge in [0.2, 0.25) is 0 Å². The van der Waals surface area contributed by atoms with Crippen molar-refractivity contribution in [2.75, 3.05) is 6.61 Å². The largest absolute Gasteiger partial charge is 0.504 e. The van der Waals surface area contributed by atoms with Crippen molar-refractivity contribution in [3.63, 3.8) is 0 Å². The Morgan fingerprint density at radius 3 is 2.88 bits per heavy atom. The van der Waals surface area contributed by atoms with Crippen LogP contribution >= 0.6 is 0 Å². The van der Waals surface area contributed by atoms with Crippen molar-refractivity contribution in [2.45, 2.75) is 6.92 Å². The van der Waals surface area contributed by atoms with Gasteiger partial charge in [0, 0.05) is 17.7 Å². The smallest absolute Gasteiger partial charge is 0.271 e. The van der Waals surface area contributed by atoms with E-state index >= 15 is 0 Å². The van der Waals surface area contributed by atoms with E-state index in [2.05, 4.69) is 10.5 Å². The summed E-state index contributed by atoms with van der Waals surface area (Å²) in [5, 5.41) is 24.1. The van der Waals surface area contributed by atoms with Gasteiger partial charge in [0.05, 0.1) is 17.7 Å². The van der Waals surface area contributed by atoms with Crippen LogP contribution in [0.25, 0.3) is 0 Å². The van der Waals surface area contributed by atoms with Gasteiger partial charge in [0.1, 0.15) is 0 Å². The minimum absolute atomic E-state index is 0.00892. The summed E-state index contributed by atoms with van der Waals surface area (Å²) in [7, 11) is 0. The van der Waals surface area contributed by atoms with Gasteiger partial charge in [-0.25, -0.2) is 5.43 Å². The summed E-state index contributed by atoms with van der Waals surface area (Å²) in [5.74, 6) is -0.250. The number of nitro benzene ring substituents is 1. The third-order valence-corrected chi connectivity index (χ3v) is 2.98. The number of hydrazone groups is 1. The minimum atomic E-state index is -0.578. The van der Waals surface area contributed by atoms with Crippen molar-refractivity contribution in [2.24, 2.45) is 5.10 Å². The van der Waals surface area contributed by atoms with E-state index < -0.39 is 10.8 Å². The molecule has 0 aromatic heterocycles. The van der Waals surface area contributed by atoms with E-state index in [0.717, 1.165) is 0 Å². The lowest BCUT2D eigenvalue weighted by Crippen LogP contribution is -2.17. The third kappa shape index (κ3) is 4.29. The Morgan fingerprint density at radius 1 is 1.38 bits per heavy atom. The number of nitrogens with zero attached hydrogens (tertiary/aromatic N) is 2. The third-order valence-electron chi connectivity index (χ3n) is 2.98. The van der Waals surface area contributed by atoms with Crippen LogP contribution in [0.5, 0.6) is 11.5 Å².